The summed E-state index contributed by atoms with van der Waals surface area (Å²) < 4.78 is 39.1. The number of methoxy groups -OCH3 is 4. The third-order valence-electron chi connectivity index (χ3n) is 6.02. The fourth-order valence-electron chi connectivity index (χ4n) is 3.98. The molecule has 2 heterocycles. The Labute approximate surface area is 207 Å². The monoisotopic (exact) mass is 504 g/mol. The Morgan fingerprint density at radius 2 is 1.47 bits per heavy atom. The fraction of sp³-hybridized carbons (Fsp3) is 0.400. The molecule has 11 nitrogen and oxygen atoms in total. The Morgan fingerprint density at radius 1 is 0.806 bits per heavy atom. The van der Waals surface area contributed by atoms with Crippen molar-refractivity contribution in [1.29, 1.82) is 0 Å². The molecule has 36 heavy (non-hydrogen) atoms. The van der Waals surface area contributed by atoms with E-state index in [0.29, 0.717) is 28.4 Å². The number of allylic oxidation sites excluding steroid dienone is 3. The molecule has 0 radical (unpaired) electrons. The molecule has 3 N–H and O–H groups in total. The van der Waals surface area contributed by atoms with E-state index in [2.05, 4.69) is 0 Å². The van der Waals surface area contributed by atoms with Gasteiger partial charge >= 0.3 is 0 Å². The number of fused-ring (bicyclic) bond motifs is 1. The second-order valence-corrected chi connectivity index (χ2v) is 8.19. The molecule has 0 amide bonds. The van der Waals surface area contributed by atoms with Gasteiger partial charge in [0.2, 0.25) is 6.29 Å². The first kappa shape index (κ1) is 25.6. The SMILES string of the molecule is COC1=CC(=C2Oc3cc(OC)cc(OC)c3C=C2O[C@@H]2O[C@@H](C)[C@H](O)[C@@H](O)[C@H]2O)C=C(OC)C1=O. The van der Waals surface area contributed by atoms with Gasteiger partial charge in [-0.2, -0.15) is 0 Å². The lowest BCUT2D eigenvalue weighted by Gasteiger charge is -2.39. The molecule has 3 aliphatic rings. The standard InChI is InChI=1S/C25H28O11/c1-11-20(26)22(28)23(29)25(34-11)36-19-10-14-15(31-3)8-13(30-2)9-16(14)35-24(19)12-6-17(32-4)21(27)18(7-12)33-5/h6-11,20,22-23,25-26,28-29H,1-5H3/t11-,20-,22+,23+,25-/m0/s1. The number of ketones is 1. The van der Waals surface area contributed by atoms with Crippen LogP contribution in [0.1, 0.15) is 12.5 Å². The molecule has 1 aromatic rings. The van der Waals surface area contributed by atoms with Crippen molar-refractivity contribution in [3.63, 3.8) is 0 Å². The van der Waals surface area contributed by atoms with E-state index in [9.17, 15) is 20.1 Å². The van der Waals surface area contributed by atoms with E-state index >= 15 is 0 Å². The quantitative estimate of drug-likeness (QED) is 0.514. The predicted octanol–water partition coefficient (Wildman–Crippen LogP) is 1.18. The van der Waals surface area contributed by atoms with Crippen LogP contribution >= 0.6 is 0 Å². The highest BCUT2D eigenvalue weighted by Gasteiger charge is 2.44. The van der Waals surface area contributed by atoms with Gasteiger partial charge in [-0.25, -0.2) is 0 Å². The van der Waals surface area contributed by atoms with Crippen LogP contribution in [0.4, 0.5) is 0 Å². The number of carbonyl (C=O) groups excluding carboxylic acids is 1. The smallest absolute Gasteiger partial charge is 0.261 e. The number of hydrogen-bond acceptors (Lipinski definition) is 11. The van der Waals surface area contributed by atoms with Crippen LogP contribution in [0.5, 0.6) is 17.2 Å². The zero-order valence-electron chi connectivity index (χ0n) is 20.4. The van der Waals surface area contributed by atoms with E-state index in [-0.39, 0.29) is 23.0 Å². The molecule has 0 saturated carbocycles. The average molecular weight is 504 g/mol. The minimum atomic E-state index is -1.56. The third-order valence-corrected chi connectivity index (χ3v) is 6.02. The minimum Gasteiger partial charge on any atom is -0.496 e. The third kappa shape index (κ3) is 4.53. The van der Waals surface area contributed by atoms with Crippen molar-refractivity contribution in [2.75, 3.05) is 28.4 Å². The van der Waals surface area contributed by atoms with Crippen LogP contribution in [-0.4, -0.2) is 80.2 Å². The van der Waals surface area contributed by atoms with E-state index in [4.69, 9.17) is 33.2 Å². The molecule has 0 spiro atoms. The molecule has 194 valence electrons. The van der Waals surface area contributed by atoms with Crippen molar-refractivity contribution in [1.82, 2.24) is 0 Å². The van der Waals surface area contributed by atoms with Crippen LogP contribution in [0, 0.1) is 0 Å². The fourth-order valence-corrected chi connectivity index (χ4v) is 3.98. The summed E-state index contributed by atoms with van der Waals surface area (Å²) in [7, 11) is 5.69. The largest absolute Gasteiger partial charge is 0.496 e. The van der Waals surface area contributed by atoms with Gasteiger partial charge in [-0.1, -0.05) is 0 Å². The Balaban J connectivity index is 1.87. The summed E-state index contributed by atoms with van der Waals surface area (Å²) in [6, 6.07) is 3.31. The molecule has 5 atom stereocenters. The Hall–Kier alpha value is -3.51. The Morgan fingerprint density at radius 3 is 2.06 bits per heavy atom. The molecule has 1 aliphatic carbocycles. The molecule has 4 rings (SSSR count). The van der Waals surface area contributed by atoms with E-state index in [1.165, 1.54) is 40.6 Å². The zero-order valence-corrected chi connectivity index (χ0v) is 20.4. The summed E-state index contributed by atoms with van der Waals surface area (Å²) in [6.45, 7) is 1.54. The number of Topliss-reactive ketones (excluding diaryl/α,β-unsaturated/α-hetero) is 1. The summed E-state index contributed by atoms with van der Waals surface area (Å²) in [6.07, 6.45) is -2.02. The maximum Gasteiger partial charge on any atom is 0.261 e. The van der Waals surface area contributed by atoms with Crippen LogP contribution in [-0.2, 0) is 23.7 Å². The second-order valence-electron chi connectivity index (χ2n) is 8.19. The van der Waals surface area contributed by atoms with Crippen molar-refractivity contribution >= 4 is 11.9 Å². The van der Waals surface area contributed by atoms with Crippen molar-refractivity contribution in [2.45, 2.75) is 37.6 Å². The highest BCUT2D eigenvalue weighted by molar-refractivity contribution is 6.07. The highest BCUT2D eigenvalue weighted by Crippen LogP contribution is 2.43. The van der Waals surface area contributed by atoms with Crippen LogP contribution in [0.3, 0.4) is 0 Å². The van der Waals surface area contributed by atoms with Crippen molar-refractivity contribution in [3.8, 4) is 17.2 Å². The van der Waals surface area contributed by atoms with Gasteiger partial charge < -0.3 is 48.5 Å². The summed E-state index contributed by atoms with van der Waals surface area (Å²) in [4.78, 5) is 12.5. The first-order chi connectivity index (χ1) is 17.2. The molecular formula is C25H28O11. The highest BCUT2D eigenvalue weighted by atomic mass is 16.7. The molecule has 0 bridgehead atoms. The predicted molar refractivity (Wildman–Crippen MR) is 124 cm³/mol. The topological polar surface area (TPSA) is 142 Å². The molecule has 0 aromatic heterocycles. The van der Waals surface area contributed by atoms with E-state index < -0.39 is 36.5 Å². The zero-order chi connectivity index (χ0) is 26.1. The lowest BCUT2D eigenvalue weighted by molar-refractivity contribution is -0.282. The Bertz CT molecular complexity index is 1140. The van der Waals surface area contributed by atoms with E-state index in [1.807, 2.05) is 0 Å². The maximum absolute atomic E-state index is 12.5. The van der Waals surface area contributed by atoms with Crippen LogP contribution in [0.25, 0.3) is 6.08 Å². The lowest BCUT2D eigenvalue weighted by Crippen LogP contribution is -2.57. The van der Waals surface area contributed by atoms with Gasteiger partial charge in [-0.15, -0.1) is 0 Å². The number of hydrogen-bond donors (Lipinski definition) is 3. The number of ether oxygens (including phenoxy) is 7. The normalized spacial score (nSPS) is 27.7. The molecule has 1 aromatic carbocycles. The van der Waals surface area contributed by atoms with Crippen molar-refractivity contribution < 1.29 is 53.3 Å². The number of aliphatic hydroxyl groups is 3. The molecule has 0 unspecified atom stereocenters. The first-order valence-electron chi connectivity index (χ1n) is 11.0. The maximum atomic E-state index is 12.5. The van der Waals surface area contributed by atoms with Crippen molar-refractivity contribution in [3.05, 3.63) is 58.5 Å². The number of rotatable bonds is 6. The van der Waals surface area contributed by atoms with Gasteiger partial charge in [0.1, 0.15) is 35.6 Å². The lowest BCUT2D eigenvalue weighted by atomic mass is 9.99. The summed E-state index contributed by atoms with van der Waals surface area (Å²) in [5, 5.41) is 30.8. The van der Waals surface area contributed by atoms with Gasteiger partial charge in [-0.05, 0) is 25.2 Å². The minimum absolute atomic E-state index is 0.00920. The van der Waals surface area contributed by atoms with Gasteiger partial charge in [0.05, 0.1) is 40.1 Å². The van der Waals surface area contributed by atoms with Crippen LogP contribution in [0.2, 0.25) is 0 Å². The summed E-state index contributed by atoms with van der Waals surface area (Å²) >= 11 is 0. The van der Waals surface area contributed by atoms with Gasteiger partial charge in [0, 0.05) is 17.7 Å². The van der Waals surface area contributed by atoms with Gasteiger partial charge in [0.25, 0.3) is 5.78 Å². The van der Waals surface area contributed by atoms with Crippen LogP contribution in [0.15, 0.2) is 52.9 Å². The van der Waals surface area contributed by atoms with E-state index in [0.717, 1.165) is 0 Å². The number of aliphatic hydroxyl groups excluding tert-OH is 3. The molecule has 2 aliphatic heterocycles. The van der Waals surface area contributed by atoms with E-state index in [1.54, 1.807) is 25.1 Å². The molecule has 11 heteroatoms. The second kappa shape index (κ2) is 10.2. The van der Waals surface area contributed by atoms with Gasteiger partial charge in [-0.3, -0.25) is 4.79 Å². The summed E-state index contributed by atoms with van der Waals surface area (Å²) in [5.41, 5.74) is 0.872. The molecular weight excluding hydrogens is 476 g/mol. The van der Waals surface area contributed by atoms with Crippen LogP contribution < -0.4 is 14.2 Å². The van der Waals surface area contributed by atoms with Gasteiger partial charge in [0.15, 0.2) is 23.0 Å². The number of benzene rings is 1. The Kier molecular flexibility index (Phi) is 7.27. The van der Waals surface area contributed by atoms with Crippen molar-refractivity contribution in [2.24, 2.45) is 0 Å². The molecule has 1 fully saturated rings. The molecule has 1 saturated heterocycles. The summed E-state index contributed by atoms with van der Waals surface area (Å²) in [5.74, 6) is 1.06. The number of carbonyl (C=O) groups is 1. The first-order valence-corrected chi connectivity index (χ1v) is 11.0. The average Bonchev–Trinajstić information content (AvgIpc) is 2.89.